The number of nitrogens with one attached hydrogen (secondary N) is 2. The predicted octanol–water partition coefficient (Wildman–Crippen LogP) is 2.29. The molecule has 1 aromatic carbocycles. The number of ether oxygens (including phenoxy) is 1. The fourth-order valence-corrected chi connectivity index (χ4v) is 1.75. The fraction of sp³-hybridized carbons (Fsp3) is 0.500. The zero-order valence-electron chi connectivity index (χ0n) is 10.8. The summed E-state index contributed by atoms with van der Waals surface area (Å²) in [6, 6.07) is 7.05. The first-order valence-corrected chi connectivity index (χ1v) is 6.96. The lowest BCUT2D eigenvalue weighted by molar-refractivity contribution is -0.115. The summed E-state index contributed by atoms with van der Waals surface area (Å²) in [5, 5.41) is 6.49. The highest BCUT2D eigenvalue weighted by Gasteiger charge is 2.20. The smallest absolute Gasteiger partial charge is 0.238 e. The van der Waals surface area contributed by atoms with E-state index in [-0.39, 0.29) is 12.5 Å². The first kappa shape index (κ1) is 14.3. The van der Waals surface area contributed by atoms with E-state index in [4.69, 9.17) is 16.3 Å². The maximum atomic E-state index is 11.6. The Morgan fingerprint density at radius 3 is 2.74 bits per heavy atom. The summed E-state index contributed by atoms with van der Waals surface area (Å²) in [4.78, 5) is 11.6. The Hall–Kier alpha value is -1.10. The van der Waals surface area contributed by atoms with Crippen LogP contribution in [0, 0.1) is 5.92 Å². The molecule has 5 heteroatoms. The van der Waals surface area contributed by atoms with E-state index in [1.54, 1.807) is 24.3 Å². The van der Waals surface area contributed by atoms with E-state index in [1.807, 2.05) is 0 Å². The molecule has 0 bridgehead atoms. The van der Waals surface area contributed by atoms with E-state index in [9.17, 15) is 4.79 Å². The molecule has 1 aliphatic carbocycles. The van der Waals surface area contributed by atoms with Crippen LogP contribution in [0.5, 0.6) is 0 Å². The van der Waals surface area contributed by atoms with Gasteiger partial charge in [0.2, 0.25) is 5.91 Å². The van der Waals surface area contributed by atoms with Crippen LogP contribution in [0.4, 0.5) is 5.69 Å². The molecule has 2 rings (SSSR count). The van der Waals surface area contributed by atoms with Gasteiger partial charge in [-0.2, -0.15) is 0 Å². The molecule has 104 valence electrons. The van der Waals surface area contributed by atoms with Crippen molar-refractivity contribution >= 4 is 23.2 Å². The lowest BCUT2D eigenvalue weighted by Crippen LogP contribution is -2.30. The van der Waals surface area contributed by atoms with Crippen molar-refractivity contribution in [2.45, 2.75) is 12.8 Å². The topological polar surface area (TPSA) is 50.4 Å². The Labute approximate surface area is 118 Å². The summed E-state index contributed by atoms with van der Waals surface area (Å²) < 4.78 is 5.46. The van der Waals surface area contributed by atoms with E-state index in [0.717, 1.165) is 18.2 Å². The number of amides is 1. The van der Waals surface area contributed by atoms with Crippen molar-refractivity contribution in [3.63, 3.8) is 0 Å². The molecule has 1 aliphatic rings. The van der Waals surface area contributed by atoms with Crippen LogP contribution in [0.25, 0.3) is 0 Å². The highest BCUT2D eigenvalue weighted by atomic mass is 35.5. The quantitative estimate of drug-likeness (QED) is 0.720. The number of rotatable bonds is 8. The fourth-order valence-electron chi connectivity index (χ4n) is 1.62. The Kier molecular flexibility index (Phi) is 5.63. The van der Waals surface area contributed by atoms with Gasteiger partial charge < -0.3 is 15.4 Å². The summed E-state index contributed by atoms with van der Waals surface area (Å²) >= 11 is 5.77. The van der Waals surface area contributed by atoms with Gasteiger partial charge in [0.05, 0.1) is 13.2 Å². The minimum Gasteiger partial charge on any atom is -0.380 e. The second kappa shape index (κ2) is 7.48. The van der Waals surface area contributed by atoms with E-state index in [0.29, 0.717) is 18.2 Å². The zero-order chi connectivity index (χ0) is 13.5. The molecule has 0 spiro atoms. The minimum atomic E-state index is -0.0653. The van der Waals surface area contributed by atoms with E-state index in [2.05, 4.69) is 10.6 Å². The van der Waals surface area contributed by atoms with Crippen molar-refractivity contribution in [1.29, 1.82) is 0 Å². The first-order chi connectivity index (χ1) is 9.24. The highest BCUT2D eigenvalue weighted by Crippen LogP contribution is 2.28. The molecule has 1 aromatic rings. The monoisotopic (exact) mass is 282 g/mol. The van der Waals surface area contributed by atoms with Gasteiger partial charge in [0.15, 0.2) is 0 Å². The van der Waals surface area contributed by atoms with Crippen LogP contribution in [0.2, 0.25) is 5.02 Å². The molecule has 4 nitrogen and oxygen atoms in total. The maximum absolute atomic E-state index is 11.6. The Morgan fingerprint density at radius 2 is 2.05 bits per heavy atom. The van der Waals surface area contributed by atoms with E-state index < -0.39 is 0 Å². The largest absolute Gasteiger partial charge is 0.380 e. The summed E-state index contributed by atoms with van der Waals surface area (Å²) in [7, 11) is 0. The number of carbonyl (C=O) groups is 1. The van der Waals surface area contributed by atoms with Crippen molar-refractivity contribution in [1.82, 2.24) is 5.32 Å². The lowest BCUT2D eigenvalue weighted by atomic mass is 10.3. The molecule has 1 saturated carbocycles. The third-order valence-corrected chi connectivity index (χ3v) is 3.14. The van der Waals surface area contributed by atoms with Crippen LogP contribution in [0.15, 0.2) is 24.3 Å². The molecule has 0 saturated heterocycles. The van der Waals surface area contributed by atoms with Crippen molar-refractivity contribution < 1.29 is 9.53 Å². The number of hydrogen-bond acceptors (Lipinski definition) is 3. The molecule has 1 fully saturated rings. The standard InChI is InChI=1S/C14H19ClN2O2/c15-12-3-5-13(6-4-12)17-14(18)9-16-7-8-19-10-11-1-2-11/h3-6,11,16H,1-2,7-10H2,(H,17,18). The van der Waals surface area contributed by atoms with Crippen molar-refractivity contribution in [2.75, 3.05) is 31.6 Å². The van der Waals surface area contributed by atoms with Crippen LogP contribution in [-0.4, -0.2) is 32.2 Å². The SMILES string of the molecule is O=C(CNCCOCC1CC1)Nc1ccc(Cl)cc1. The number of benzene rings is 1. The Morgan fingerprint density at radius 1 is 1.32 bits per heavy atom. The molecular formula is C14H19ClN2O2. The van der Waals surface area contributed by atoms with Crippen LogP contribution in [0.3, 0.4) is 0 Å². The molecule has 0 aliphatic heterocycles. The summed E-state index contributed by atoms with van der Waals surface area (Å²) in [6.07, 6.45) is 2.61. The number of anilines is 1. The number of halogens is 1. The van der Waals surface area contributed by atoms with Crippen LogP contribution in [-0.2, 0) is 9.53 Å². The molecule has 1 amide bonds. The van der Waals surface area contributed by atoms with Gasteiger partial charge in [-0.1, -0.05) is 11.6 Å². The van der Waals surface area contributed by atoms with Gasteiger partial charge in [-0.15, -0.1) is 0 Å². The van der Waals surface area contributed by atoms with Gasteiger partial charge in [0.1, 0.15) is 0 Å². The lowest BCUT2D eigenvalue weighted by Gasteiger charge is -2.07. The van der Waals surface area contributed by atoms with Crippen molar-refractivity contribution in [2.24, 2.45) is 5.92 Å². The molecule has 0 radical (unpaired) electrons. The molecule has 19 heavy (non-hydrogen) atoms. The third kappa shape index (κ3) is 6.05. The van der Waals surface area contributed by atoms with Crippen LogP contribution < -0.4 is 10.6 Å². The van der Waals surface area contributed by atoms with Gasteiger partial charge in [-0.3, -0.25) is 4.79 Å². The van der Waals surface area contributed by atoms with E-state index >= 15 is 0 Å². The molecule has 0 heterocycles. The highest BCUT2D eigenvalue weighted by molar-refractivity contribution is 6.30. The van der Waals surface area contributed by atoms with Gasteiger partial charge in [0.25, 0.3) is 0 Å². The van der Waals surface area contributed by atoms with Gasteiger partial charge in [-0.05, 0) is 43.0 Å². The van der Waals surface area contributed by atoms with Crippen molar-refractivity contribution in [3.8, 4) is 0 Å². The van der Waals surface area contributed by atoms with E-state index in [1.165, 1.54) is 12.8 Å². The minimum absolute atomic E-state index is 0.0653. The first-order valence-electron chi connectivity index (χ1n) is 6.58. The molecule has 0 aromatic heterocycles. The zero-order valence-corrected chi connectivity index (χ0v) is 11.6. The average Bonchev–Trinajstić information content (AvgIpc) is 3.20. The average molecular weight is 283 g/mol. The molecule has 2 N–H and O–H groups in total. The molecular weight excluding hydrogens is 264 g/mol. The normalized spacial score (nSPS) is 14.4. The Bertz CT molecular complexity index is 404. The van der Waals surface area contributed by atoms with Crippen LogP contribution in [0.1, 0.15) is 12.8 Å². The van der Waals surface area contributed by atoms with Gasteiger partial charge in [0, 0.05) is 23.9 Å². The summed E-state index contributed by atoms with van der Waals surface area (Å²) in [5.41, 5.74) is 0.751. The molecule has 0 atom stereocenters. The van der Waals surface area contributed by atoms with Gasteiger partial charge >= 0.3 is 0 Å². The number of hydrogen-bond donors (Lipinski definition) is 2. The predicted molar refractivity (Wildman–Crippen MR) is 76.5 cm³/mol. The number of carbonyl (C=O) groups excluding carboxylic acids is 1. The Balaban J connectivity index is 1.52. The summed E-state index contributed by atoms with van der Waals surface area (Å²) in [6.45, 7) is 2.50. The van der Waals surface area contributed by atoms with Crippen LogP contribution >= 0.6 is 11.6 Å². The van der Waals surface area contributed by atoms with Crippen molar-refractivity contribution in [3.05, 3.63) is 29.3 Å². The third-order valence-electron chi connectivity index (χ3n) is 2.89. The molecule has 0 unspecified atom stereocenters. The second-order valence-electron chi connectivity index (χ2n) is 4.75. The second-order valence-corrected chi connectivity index (χ2v) is 5.19. The van der Waals surface area contributed by atoms with Gasteiger partial charge in [-0.25, -0.2) is 0 Å². The maximum Gasteiger partial charge on any atom is 0.238 e. The summed E-state index contributed by atoms with van der Waals surface area (Å²) in [5.74, 6) is 0.720.